The van der Waals surface area contributed by atoms with Crippen molar-refractivity contribution in [2.75, 3.05) is 17.7 Å². The van der Waals surface area contributed by atoms with E-state index in [9.17, 15) is 9.59 Å². The summed E-state index contributed by atoms with van der Waals surface area (Å²) in [5.41, 5.74) is 2.73. The number of anilines is 2. The first-order valence-corrected chi connectivity index (χ1v) is 8.72. The number of aromatic nitrogens is 1. The molecule has 2 N–H and O–H groups in total. The third-order valence-electron chi connectivity index (χ3n) is 3.58. The van der Waals surface area contributed by atoms with Gasteiger partial charge in [-0.05, 0) is 36.4 Å². The summed E-state index contributed by atoms with van der Waals surface area (Å²) in [7, 11) is 1.61. The van der Waals surface area contributed by atoms with Crippen LogP contribution in [-0.2, 0) is 4.79 Å². The van der Waals surface area contributed by atoms with Gasteiger partial charge in [-0.1, -0.05) is 12.1 Å². The van der Waals surface area contributed by atoms with Gasteiger partial charge in [0, 0.05) is 29.1 Å². The lowest BCUT2D eigenvalue weighted by molar-refractivity contribution is -0.114. The van der Waals surface area contributed by atoms with Gasteiger partial charge in [0.1, 0.15) is 5.75 Å². The van der Waals surface area contributed by atoms with Crippen LogP contribution in [0.5, 0.6) is 5.75 Å². The molecule has 0 bridgehead atoms. The number of para-hydroxylation sites is 1. The fraction of sp³-hybridized carbons (Fsp3) is 0.105. The number of rotatable bonds is 5. The van der Waals surface area contributed by atoms with Crippen molar-refractivity contribution in [1.82, 2.24) is 4.98 Å². The molecule has 132 valence electrons. The number of nitrogens with one attached hydrogen (secondary N) is 2. The highest BCUT2D eigenvalue weighted by atomic mass is 32.1. The van der Waals surface area contributed by atoms with Crippen LogP contribution in [0.15, 0.2) is 53.9 Å². The SMILES string of the molecule is COc1ccccc1-c1csc(NC(=O)c2ccc(NC(C)=O)cc2)n1. The predicted molar refractivity (Wildman–Crippen MR) is 103 cm³/mol. The van der Waals surface area contributed by atoms with Crippen molar-refractivity contribution >= 4 is 34.0 Å². The summed E-state index contributed by atoms with van der Waals surface area (Å²) in [6.45, 7) is 1.43. The molecule has 0 aliphatic carbocycles. The lowest BCUT2D eigenvalue weighted by Gasteiger charge is -2.05. The standard InChI is InChI=1S/C19H17N3O3S/c1-12(23)20-14-9-7-13(8-10-14)18(24)22-19-21-16(11-26-19)15-5-3-4-6-17(15)25-2/h3-11H,1-2H3,(H,20,23)(H,21,22,24). The molecule has 0 atom stereocenters. The Morgan fingerprint density at radius 2 is 1.77 bits per heavy atom. The zero-order valence-corrected chi connectivity index (χ0v) is 15.1. The Morgan fingerprint density at radius 1 is 1.04 bits per heavy atom. The van der Waals surface area contributed by atoms with E-state index in [0.717, 1.165) is 17.0 Å². The summed E-state index contributed by atoms with van der Waals surface area (Å²) in [5, 5.41) is 7.82. The van der Waals surface area contributed by atoms with Gasteiger partial charge in [0.2, 0.25) is 5.91 Å². The zero-order valence-electron chi connectivity index (χ0n) is 14.3. The zero-order chi connectivity index (χ0) is 18.5. The van der Waals surface area contributed by atoms with Crippen molar-refractivity contribution in [3.63, 3.8) is 0 Å². The van der Waals surface area contributed by atoms with Crippen LogP contribution < -0.4 is 15.4 Å². The fourth-order valence-corrected chi connectivity index (χ4v) is 3.09. The molecule has 2 aromatic carbocycles. The summed E-state index contributed by atoms with van der Waals surface area (Å²) in [6, 6.07) is 14.2. The molecule has 1 aromatic heterocycles. The molecule has 0 unspecified atom stereocenters. The fourth-order valence-electron chi connectivity index (χ4n) is 2.39. The molecule has 7 heteroatoms. The van der Waals surface area contributed by atoms with Gasteiger partial charge >= 0.3 is 0 Å². The van der Waals surface area contributed by atoms with E-state index in [1.165, 1.54) is 18.3 Å². The van der Waals surface area contributed by atoms with Crippen LogP contribution in [0.3, 0.4) is 0 Å². The maximum Gasteiger partial charge on any atom is 0.257 e. The van der Waals surface area contributed by atoms with E-state index >= 15 is 0 Å². The molecule has 0 radical (unpaired) electrons. The van der Waals surface area contributed by atoms with Gasteiger partial charge in [-0.2, -0.15) is 0 Å². The maximum atomic E-state index is 12.4. The molecule has 6 nitrogen and oxygen atoms in total. The van der Waals surface area contributed by atoms with E-state index in [4.69, 9.17) is 4.74 Å². The molecule has 0 saturated heterocycles. The summed E-state index contributed by atoms with van der Waals surface area (Å²) in [6.07, 6.45) is 0. The molecular formula is C19H17N3O3S. The van der Waals surface area contributed by atoms with Gasteiger partial charge in [0.05, 0.1) is 12.8 Å². The second-order valence-corrected chi connectivity index (χ2v) is 6.31. The Labute approximate surface area is 154 Å². The van der Waals surface area contributed by atoms with Gasteiger partial charge in [-0.3, -0.25) is 14.9 Å². The molecule has 0 spiro atoms. The predicted octanol–water partition coefficient (Wildman–Crippen LogP) is 4.03. The number of ether oxygens (including phenoxy) is 1. The van der Waals surface area contributed by atoms with E-state index < -0.39 is 0 Å². The average Bonchev–Trinajstić information content (AvgIpc) is 3.10. The smallest absolute Gasteiger partial charge is 0.257 e. The summed E-state index contributed by atoms with van der Waals surface area (Å²) in [4.78, 5) is 27.9. The van der Waals surface area contributed by atoms with E-state index in [0.29, 0.717) is 16.4 Å². The third-order valence-corrected chi connectivity index (χ3v) is 4.33. The van der Waals surface area contributed by atoms with E-state index in [1.54, 1.807) is 31.4 Å². The van der Waals surface area contributed by atoms with Crippen LogP contribution in [0, 0.1) is 0 Å². The second-order valence-electron chi connectivity index (χ2n) is 5.45. The number of nitrogens with zero attached hydrogens (tertiary/aromatic N) is 1. The molecule has 0 saturated carbocycles. The van der Waals surface area contributed by atoms with Crippen LogP contribution in [-0.4, -0.2) is 23.9 Å². The van der Waals surface area contributed by atoms with Gasteiger partial charge in [0.25, 0.3) is 5.91 Å². The third kappa shape index (κ3) is 4.07. The summed E-state index contributed by atoms with van der Waals surface area (Å²) in [5.74, 6) is 0.304. The summed E-state index contributed by atoms with van der Waals surface area (Å²) < 4.78 is 5.35. The number of methoxy groups -OCH3 is 1. The van der Waals surface area contributed by atoms with Crippen LogP contribution in [0.4, 0.5) is 10.8 Å². The number of hydrogen-bond acceptors (Lipinski definition) is 5. The molecule has 3 rings (SSSR count). The quantitative estimate of drug-likeness (QED) is 0.713. The highest BCUT2D eigenvalue weighted by Gasteiger charge is 2.12. The van der Waals surface area contributed by atoms with Crippen molar-refractivity contribution in [2.24, 2.45) is 0 Å². The minimum atomic E-state index is -0.264. The van der Waals surface area contributed by atoms with Crippen LogP contribution in [0.25, 0.3) is 11.3 Å². The number of carbonyl (C=O) groups excluding carboxylic acids is 2. The summed E-state index contributed by atoms with van der Waals surface area (Å²) >= 11 is 1.34. The molecule has 1 heterocycles. The molecular weight excluding hydrogens is 350 g/mol. The average molecular weight is 367 g/mol. The Morgan fingerprint density at radius 3 is 2.46 bits per heavy atom. The van der Waals surface area contributed by atoms with Gasteiger partial charge in [-0.15, -0.1) is 11.3 Å². The van der Waals surface area contributed by atoms with E-state index in [1.807, 2.05) is 29.6 Å². The number of amides is 2. The van der Waals surface area contributed by atoms with Gasteiger partial charge < -0.3 is 10.1 Å². The molecule has 0 aliphatic rings. The monoisotopic (exact) mass is 367 g/mol. The second kappa shape index (κ2) is 7.79. The largest absolute Gasteiger partial charge is 0.496 e. The van der Waals surface area contributed by atoms with E-state index in [2.05, 4.69) is 15.6 Å². The number of carbonyl (C=O) groups is 2. The van der Waals surface area contributed by atoms with Gasteiger partial charge in [0.15, 0.2) is 5.13 Å². The van der Waals surface area contributed by atoms with Crippen LogP contribution >= 0.6 is 11.3 Å². The Balaban J connectivity index is 1.72. The Bertz CT molecular complexity index is 935. The minimum absolute atomic E-state index is 0.158. The van der Waals surface area contributed by atoms with Crippen LogP contribution in [0.2, 0.25) is 0 Å². The normalized spacial score (nSPS) is 10.2. The Kier molecular flexibility index (Phi) is 5.28. The molecule has 3 aromatic rings. The first-order valence-electron chi connectivity index (χ1n) is 7.85. The topological polar surface area (TPSA) is 80.3 Å². The molecule has 0 aliphatic heterocycles. The van der Waals surface area contributed by atoms with Crippen molar-refractivity contribution in [1.29, 1.82) is 0 Å². The van der Waals surface area contributed by atoms with Crippen molar-refractivity contribution in [3.8, 4) is 17.0 Å². The first-order chi connectivity index (χ1) is 12.6. The van der Waals surface area contributed by atoms with Gasteiger partial charge in [-0.25, -0.2) is 4.98 Å². The molecule has 0 fully saturated rings. The van der Waals surface area contributed by atoms with Crippen molar-refractivity contribution in [2.45, 2.75) is 6.92 Å². The minimum Gasteiger partial charge on any atom is -0.496 e. The molecule has 26 heavy (non-hydrogen) atoms. The number of thiazole rings is 1. The van der Waals surface area contributed by atoms with Crippen molar-refractivity contribution < 1.29 is 14.3 Å². The highest BCUT2D eigenvalue weighted by Crippen LogP contribution is 2.32. The molecule has 2 amide bonds. The van der Waals surface area contributed by atoms with Crippen LogP contribution in [0.1, 0.15) is 17.3 Å². The van der Waals surface area contributed by atoms with Crippen molar-refractivity contribution in [3.05, 3.63) is 59.5 Å². The maximum absolute atomic E-state index is 12.4. The van der Waals surface area contributed by atoms with E-state index in [-0.39, 0.29) is 11.8 Å². The highest BCUT2D eigenvalue weighted by molar-refractivity contribution is 7.14. The Hall–Kier alpha value is -3.19. The number of benzene rings is 2. The first kappa shape index (κ1) is 17.6. The lowest BCUT2D eigenvalue weighted by Crippen LogP contribution is -2.12. The number of hydrogen-bond donors (Lipinski definition) is 2. The lowest BCUT2D eigenvalue weighted by atomic mass is 10.1.